The summed E-state index contributed by atoms with van der Waals surface area (Å²) in [5, 5.41) is 3.82. The maximum absolute atomic E-state index is 13.2. The second kappa shape index (κ2) is 7.28. The molecule has 1 unspecified atom stereocenters. The van der Waals surface area contributed by atoms with Crippen LogP contribution in [-0.2, 0) is 23.3 Å². The van der Waals surface area contributed by atoms with E-state index in [2.05, 4.69) is 22.2 Å². The summed E-state index contributed by atoms with van der Waals surface area (Å²) in [5.74, 6) is 0.160. The van der Waals surface area contributed by atoms with Crippen LogP contribution in [-0.4, -0.2) is 26.8 Å². The van der Waals surface area contributed by atoms with Gasteiger partial charge in [0, 0.05) is 11.1 Å². The molecule has 1 aliphatic heterocycles. The third-order valence-corrected chi connectivity index (χ3v) is 5.48. The molecule has 0 aliphatic carbocycles. The van der Waals surface area contributed by atoms with E-state index in [-0.39, 0.29) is 12.5 Å². The van der Waals surface area contributed by atoms with E-state index in [0.717, 1.165) is 35.0 Å². The van der Waals surface area contributed by atoms with Crippen LogP contribution in [0.1, 0.15) is 42.9 Å². The van der Waals surface area contributed by atoms with Crippen LogP contribution in [0.2, 0.25) is 0 Å². The van der Waals surface area contributed by atoms with Crippen molar-refractivity contribution in [3.8, 4) is 0 Å². The summed E-state index contributed by atoms with van der Waals surface area (Å²) >= 11 is 0. The van der Waals surface area contributed by atoms with Crippen molar-refractivity contribution in [2.75, 3.05) is 0 Å². The lowest BCUT2D eigenvalue weighted by atomic mass is 9.91. The summed E-state index contributed by atoms with van der Waals surface area (Å²) in [6, 6.07) is 15.2. The van der Waals surface area contributed by atoms with Crippen molar-refractivity contribution in [3.05, 3.63) is 71.2 Å². The largest absolute Gasteiger partial charge is 0.325 e. The molecule has 6 heteroatoms. The molecule has 1 aliphatic rings. The summed E-state index contributed by atoms with van der Waals surface area (Å²) in [6.07, 6.45) is 2.05. The molecule has 0 bridgehead atoms. The molecule has 0 radical (unpaired) electrons. The molecule has 4 rings (SSSR count). The molecule has 0 saturated carbocycles. The molecular formula is C23H24N4O2. The van der Waals surface area contributed by atoms with Gasteiger partial charge in [0.25, 0.3) is 5.91 Å². The van der Waals surface area contributed by atoms with Crippen LogP contribution in [0.4, 0.5) is 4.79 Å². The number of aryl methyl sites for hydroxylation is 2. The Balaban J connectivity index is 1.61. The van der Waals surface area contributed by atoms with Crippen molar-refractivity contribution in [2.24, 2.45) is 0 Å². The zero-order valence-corrected chi connectivity index (χ0v) is 16.9. The first-order chi connectivity index (χ1) is 13.9. The summed E-state index contributed by atoms with van der Waals surface area (Å²) in [7, 11) is 0. The molecule has 3 amide bonds. The highest BCUT2D eigenvalue weighted by Crippen LogP contribution is 2.30. The molecule has 6 nitrogen and oxygen atoms in total. The number of urea groups is 1. The first-order valence-electron chi connectivity index (χ1n) is 9.88. The molecule has 3 aromatic rings. The molecule has 1 aromatic heterocycles. The normalized spacial score (nSPS) is 19.1. The minimum absolute atomic E-state index is 0.0415. The van der Waals surface area contributed by atoms with Gasteiger partial charge in [-0.2, -0.15) is 0 Å². The Morgan fingerprint density at radius 1 is 1.03 bits per heavy atom. The SMILES string of the molecule is CCCc1ccc(C2(C)NC(=O)N(Cc3nc(C)c4ccccc4n3)C2=O)cc1. The maximum atomic E-state index is 13.2. The van der Waals surface area contributed by atoms with E-state index >= 15 is 0 Å². The number of hydrogen-bond donors (Lipinski definition) is 1. The molecule has 1 N–H and O–H groups in total. The number of fused-ring (bicyclic) bond motifs is 1. The number of imide groups is 1. The van der Waals surface area contributed by atoms with Gasteiger partial charge in [0.1, 0.15) is 11.4 Å². The number of para-hydroxylation sites is 1. The lowest BCUT2D eigenvalue weighted by Crippen LogP contribution is -2.40. The zero-order chi connectivity index (χ0) is 20.6. The average Bonchev–Trinajstić information content (AvgIpc) is 2.93. The van der Waals surface area contributed by atoms with Gasteiger partial charge in [-0.15, -0.1) is 0 Å². The van der Waals surface area contributed by atoms with Gasteiger partial charge >= 0.3 is 6.03 Å². The highest BCUT2D eigenvalue weighted by atomic mass is 16.2. The first kappa shape index (κ1) is 19.1. The van der Waals surface area contributed by atoms with Crippen molar-refractivity contribution < 1.29 is 9.59 Å². The van der Waals surface area contributed by atoms with Crippen molar-refractivity contribution in [1.29, 1.82) is 0 Å². The van der Waals surface area contributed by atoms with Crippen molar-refractivity contribution in [2.45, 2.75) is 45.7 Å². The molecule has 1 fully saturated rings. The van der Waals surface area contributed by atoms with Gasteiger partial charge in [-0.1, -0.05) is 55.8 Å². The minimum atomic E-state index is -1.09. The Morgan fingerprint density at radius 2 is 1.76 bits per heavy atom. The van der Waals surface area contributed by atoms with Crippen LogP contribution in [0.3, 0.4) is 0 Å². The number of nitrogens with zero attached hydrogens (tertiary/aromatic N) is 3. The van der Waals surface area contributed by atoms with Gasteiger partial charge in [0.05, 0.1) is 12.1 Å². The quantitative estimate of drug-likeness (QED) is 0.674. The van der Waals surface area contributed by atoms with E-state index < -0.39 is 11.6 Å². The molecule has 0 spiro atoms. The number of rotatable bonds is 5. The predicted octanol–water partition coefficient (Wildman–Crippen LogP) is 3.86. The number of amides is 3. The lowest BCUT2D eigenvalue weighted by molar-refractivity contribution is -0.131. The van der Waals surface area contributed by atoms with Crippen LogP contribution >= 0.6 is 0 Å². The summed E-state index contributed by atoms with van der Waals surface area (Å²) in [5.41, 5.74) is 2.53. The van der Waals surface area contributed by atoms with Crippen LogP contribution in [0.15, 0.2) is 48.5 Å². The van der Waals surface area contributed by atoms with E-state index in [1.165, 1.54) is 10.5 Å². The fourth-order valence-electron chi connectivity index (χ4n) is 3.84. The predicted molar refractivity (Wildman–Crippen MR) is 111 cm³/mol. The summed E-state index contributed by atoms with van der Waals surface area (Å²) in [4.78, 5) is 36.1. The summed E-state index contributed by atoms with van der Waals surface area (Å²) in [6.45, 7) is 5.82. The number of benzene rings is 2. The van der Waals surface area contributed by atoms with E-state index in [4.69, 9.17) is 0 Å². The second-order valence-electron chi connectivity index (χ2n) is 7.64. The molecular weight excluding hydrogens is 364 g/mol. The monoisotopic (exact) mass is 388 g/mol. The second-order valence-corrected chi connectivity index (χ2v) is 7.64. The molecule has 2 aromatic carbocycles. The number of carbonyl (C=O) groups is 2. The first-order valence-corrected chi connectivity index (χ1v) is 9.88. The van der Waals surface area contributed by atoms with Crippen molar-refractivity contribution >= 4 is 22.8 Å². The van der Waals surface area contributed by atoms with Gasteiger partial charge in [-0.05, 0) is 37.5 Å². The van der Waals surface area contributed by atoms with Crippen molar-refractivity contribution in [3.63, 3.8) is 0 Å². The highest BCUT2D eigenvalue weighted by molar-refractivity contribution is 6.07. The molecule has 29 heavy (non-hydrogen) atoms. The minimum Gasteiger partial charge on any atom is -0.319 e. The molecule has 1 saturated heterocycles. The van der Waals surface area contributed by atoms with E-state index in [0.29, 0.717) is 5.82 Å². The van der Waals surface area contributed by atoms with E-state index in [1.807, 2.05) is 55.5 Å². The van der Waals surface area contributed by atoms with Gasteiger partial charge in [-0.25, -0.2) is 14.8 Å². The standard InChI is InChI=1S/C23H24N4O2/c1-4-7-16-10-12-17(13-11-16)23(3)21(28)27(22(29)26-23)14-20-24-15(2)18-8-5-6-9-19(18)25-20/h5-6,8-13H,4,7,14H2,1-3H3,(H,26,29). The highest BCUT2D eigenvalue weighted by Gasteiger charge is 2.49. The number of aromatic nitrogens is 2. The average molecular weight is 388 g/mol. The van der Waals surface area contributed by atoms with Crippen LogP contribution in [0, 0.1) is 6.92 Å². The van der Waals surface area contributed by atoms with Crippen LogP contribution < -0.4 is 5.32 Å². The molecule has 148 valence electrons. The Morgan fingerprint density at radius 3 is 2.48 bits per heavy atom. The van der Waals surface area contributed by atoms with E-state index in [9.17, 15) is 9.59 Å². The lowest BCUT2D eigenvalue weighted by Gasteiger charge is -2.22. The summed E-state index contributed by atoms with van der Waals surface area (Å²) < 4.78 is 0. The Hall–Kier alpha value is -3.28. The Bertz CT molecular complexity index is 1090. The third-order valence-electron chi connectivity index (χ3n) is 5.48. The smallest absolute Gasteiger partial charge is 0.319 e. The maximum Gasteiger partial charge on any atom is 0.325 e. The topological polar surface area (TPSA) is 75.2 Å². The molecule has 2 heterocycles. The molecule has 1 atom stereocenters. The third kappa shape index (κ3) is 3.35. The van der Waals surface area contributed by atoms with Gasteiger partial charge in [0.2, 0.25) is 0 Å². The van der Waals surface area contributed by atoms with Crippen LogP contribution in [0.5, 0.6) is 0 Å². The number of nitrogens with one attached hydrogen (secondary N) is 1. The fourth-order valence-corrected chi connectivity index (χ4v) is 3.84. The van der Waals surface area contributed by atoms with Crippen molar-refractivity contribution in [1.82, 2.24) is 20.2 Å². The van der Waals surface area contributed by atoms with Gasteiger partial charge < -0.3 is 5.32 Å². The number of hydrogen-bond acceptors (Lipinski definition) is 4. The zero-order valence-electron chi connectivity index (χ0n) is 16.9. The van der Waals surface area contributed by atoms with Crippen LogP contribution in [0.25, 0.3) is 10.9 Å². The Kier molecular flexibility index (Phi) is 4.78. The fraction of sp³-hybridized carbons (Fsp3) is 0.304. The Labute approximate surface area is 170 Å². The van der Waals surface area contributed by atoms with E-state index in [1.54, 1.807) is 6.92 Å². The van der Waals surface area contributed by atoms with Gasteiger partial charge in [-0.3, -0.25) is 9.69 Å². The number of carbonyl (C=O) groups excluding carboxylic acids is 2. The van der Waals surface area contributed by atoms with Gasteiger partial charge in [0.15, 0.2) is 0 Å².